The van der Waals surface area contributed by atoms with E-state index in [0.29, 0.717) is 0 Å². The number of ketones is 1. The van der Waals surface area contributed by atoms with Crippen molar-refractivity contribution >= 4 is 11.7 Å². The Bertz CT molecular complexity index is 335. The largest absolute Gasteiger partial charge is 0.394 e. The molecule has 8 N–H and O–H groups in total. The van der Waals surface area contributed by atoms with E-state index in [1.54, 1.807) is 0 Å². The van der Waals surface area contributed by atoms with E-state index >= 15 is 0 Å². The fraction of sp³-hybridized carbons (Fsp3) is 0.800. The Morgan fingerprint density at radius 2 is 1.63 bits per heavy atom. The molecule has 0 aliphatic heterocycles. The minimum atomic E-state index is -3.09. The Hall–Kier alpha value is -1.10. The van der Waals surface area contributed by atoms with Crippen LogP contribution in [-0.2, 0) is 9.59 Å². The summed E-state index contributed by atoms with van der Waals surface area (Å²) >= 11 is 0. The van der Waals surface area contributed by atoms with E-state index in [9.17, 15) is 30.0 Å². The van der Waals surface area contributed by atoms with Crippen molar-refractivity contribution in [3.8, 4) is 0 Å². The van der Waals surface area contributed by atoms with Gasteiger partial charge in [0.05, 0.1) is 6.61 Å². The van der Waals surface area contributed by atoms with E-state index in [0.717, 1.165) is 0 Å². The minimum Gasteiger partial charge on any atom is -0.394 e. The zero-order valence-corrected chi connectivity index (χ0v) is 10.3. The molecule has 9 nitrogen and oxygen atoms in total. The van der Waals surface area contributed by atoms with Crippen LogP contribution in [-0.4, -0.2) is 79.0 Å². The molecule has 112 valence electrons. The molecular weight excluding hydrogens is 262 g/mol. The number of aliphatic hydroxyl groups is 6. The SMILES string of the molecule is CCC(=O)[C@@](O)(C(N)=O)[C@H](O)[C@@H](O)[C@H](O)[C@H](O)CO. The summed E-state index contributed by atoms with van der Waals surface area (Å²) in [5, 5.41) is 56.0. The summed E-state index contributed by atoms with van der Waals surface area (Å²) < 4.78 is 0. The van der Waals surface area contributed by atoms with Crippen LogP contribution >= 0.6 is 0 Å². The number of Topliss-reactive ketones (excluding diaryl/α,β-unsaturated/α-hetero) is 1. The quantitative estimate of drug-likeness (QED) is 0.218. The van der Waals surface area contributed by atoms with Gasteiger partial charge in [-0.1, -0.05) is 6.92 Å². The number of hydrogen-bond donors (Lipinski definition) is 7. The van der Waals surface area contributed by atoms with Gasteiger partial charge in [0, 0.05) is 6.42 Å². The lowest BCUT2D eigenvalue weighted by Crippen LogP contribution is -2.65. The fourth-order valence-corrected chi connectivity index (χ4v) is 1.49. The molecule has 0 unspecified atom stereocenters. The molecule has 5 atom stereocenters. The number of primary amides is 1. The standard InChI is InChI=1S/C10H19NO8/c1-2-5(14)10(19,9(11)18)8(17)7(16)6(15)4(13)3-12/h4,6-8,12-13,15-17,19H,2-3H2,1H3,(H2,11,18)/t4-,6-,7+,8-,10+/m1/s1. The maximum atomic E-state index is 11.5. The van der Waals surface area contributed by atoms with Crippen molar-refractivity contribution in [1.29, 1.82) is 0 Å². The highest BCUT2D eigenvalue weighted by molar-refractivity contribution is 6.09. The first-order valence-corrected chi connectivity index (χ1v) is 5.53. The molecule has 0 aromatic heterocycles. The Morgan fingerprint density at radius 1 is 1.16 bits per heavy atom. The van der Waals surface area contributed by atoms with Gasteiger partial charge >= 0.3 is 0 Å². The van der Waals surface area contributed by atoms with Crippen molar-refractivity contribution < 1.29 is 40.2 Å². The highest BCUT2D eigenvalue weighted by atomic mass is 16.4. The number of rotatable bonds is 8. The van der Waals surface area contributed by atoms with Gasteiger partial charge in [-0.3, -0.25) is 9.59 Å². The van der Waals surface area contributed by atoms with Gasteiger partial charge in [0.25, 0.3) is 5.91 Å². The second kappa shape index (κ2) is 6.89. The van der Waals surface area contributed by atoms with Crippen LogP contribution in [0.4, 0.5) is 0 Å². The third-order valence-electron chi connectivity index (χ3n) is 2.80. The summed E-state index contributed by atoms with van der Waals surface area (Å²) in [5.41, 5.74) is 1.73. The summed E-state index contributed by atoms with van der Waals surface area (Å²) in [6, 6.07) is 0. The molecule has 0 saturated carbocycles. The minimum absolute atomic E-state index is 0.359. The summed E-state index contributed by atoms with van der Waals surface area (Å²) in [6.45, 7) is 0.343. The zero-order valence-electron chi connectivity index (χ0n) is 10.3. The van der Waals surface area contributed by atoms with E-state index in [1.165, 1.54) is 6.92 Å². The van der Waals surface area contributed by atoms with Crippen molar-refractivity contribution in [2.75, 3.05) is 6.61 Å². The lowest BCUT2D eigenvalue weighted by atomic mass is 9.84. The number of hydrogen-bond acceptors (Lipinski definition) is 8. The van der Waals surface area contributed by atoms with E-state index < -0.39 is 48.3 Å². The Balaban J connectivity index is 5.27. The van der Waals surface area contributed by atoms with Crippen LogP contribution in [0.2, 0.25) is 0 Å². The molecule has 0 rings (SSSR count). The molecule has 0 aromatic carbocycles. The molecule has 0 bridgehead atoms. The Labute approximate surface area is 108 Å². The third-order valence-corrected chi connectivity index (χ3v) is 2.80. The maximum absolute atomic E-state index is 11.5. The van der Waals surface area contributed by atoms with E-state index in [1.807, 2.05) is 0 Å². The molecule has 19 heavy (non-hydrogen) atoms. The van der Waals surface area contributed by atoms with Crippen LogP contribution in [0, 0.1) is 0 Å². The van der Waals surface area contributed by atoms with Gasteiger partial charge < -0.3 is 36.4 Å². The van der Waals surface area contributed by atoms with Crippen LogP contribution in [0.15, 0.2) is 0 Å². The summed E-state index contributed by atoms with van der Waals surface area (Å²) in [5.74, 6) is -2.76. The molecular formula is C10H19NO8. The number of carbonyl (C=O) groups excluding carboxylic acids is 2. The highest BCUT2D eigenvalue weighted by Crippen LogP contribution is 2.20. The van der Waals surface area contributed by atoms with E-state index in [4.69, 9.17) is 15.9 Å². The van der Waals surface area contributed by atoms with Crippen molar-refractivity contribution in [2.45, 2.75) is 43.4 Å². The van der Waals surface area contributed by atoms with Crippen LogP contribution < -0.4 is 5.73 Å². The number of amides is 1. The normalized spacial score (nSPS) is 21.0. The molecule has 0 saturated heterocycles. The predicted octanol–water partition coefficient (Wildman–Crippen LogP) is -4.38. The lowest BCUT2D eigenvalue weighted by molar-refractivity contribution is -0.186. The van der Waals surface area contributed by atoms with Crippen LogP contribution in [0.1, 0.15) is 13.3 Å². The third kappa shape index (κ3) is 3.47. The predicted molar refractivity (Wildman–Crippen MR) is 60.6 cm³/mol. The molecule has 0 fully saturated rings. The lowest BCUT2D eigenvalue weighted by Gasteiger charge is -2.34. The van der Waals surface area contributed by atoms with Gasteiger partial charge in [-0.05, 0) is 0 Å². The van der Waals surface area contributed by atoms with Crippen molar-refractivity contribution in [3.05, 3.63) is 0 Å². The fourth-order valence-electron chi connectivity index (χ4n) is 1.49. The second-order valence-corrected chi connectivity index (χ2v) is 4.08. The monoisotopic (exact) mass is 281 g/mol. The molecule has 0 aliphatic rings. The molecule has 0 aliphatic carbocycles. The van der Waals surface area contributed by atoms with Gasteiger partial charge in [-0.2, -0.15) is 0 Å². The first kappa shape index (κ1) is 17.9. The summed E-state index contributed by atoms with van der Waals surface area (Å²) in [7, 11) is 0. The number of carbonyl (C=O) groups is 2. The smallest absolute Gasteiger partial charge is 0.260 e. The first-order chi connectivity index (χ1) is 8.64. The average molecular weight is 281 g/mol. The first-order valence-electron chi connectivity index (χ1n) is 5.53. The van der Waals surface area contributed by atoms with Crippen molar-refractivity contribution in [2.24, 2.45) is 5.73 Å². The van der Waals surface area contributed by atoms with Gasteiger partial charge in [0.15, 0.2) is 5.78 Å². The molecule has 1 amide bonds. The van der Waals surface area contributed by atoms with Gasteiger partial charge in [0.2, 0.25) is 5.60 Å². The van der Waals surface area contributed by atoms with Crippen molar-refractivity contribution in [3.63, 3.8) is 0 Å². The van der Waals surface area contributed by atoms with Crippen molar-refractivity contribution in [1.82, 2.24) is 0 Å². The van der Waals surface area contributed by atoms with Crippen LogP contribution in [0.3, 0.4) is 0 Å². The highest BCUT2D eigenvalue weighted by Gasteiger charge is 2.52. The molecule has 9 heteroatoms. The van der Waals surface area contributed by atoms with E-state index in [2.05, 4.69) is 0 Å². The molecule has 0 spiro atoms. The molecule has 0 radical (unpaired) electrons. The van der Waals surface area contributed by atoms with E-state index in [-0.39, 0.29) is 6.42 Å². The summed E-state index contributed by atoms with van der Waals surface area (Å²) in [6.07, 6.45) is -9.00. The van der Waals surface area contributed by atoms with Crippen LogP contribution in [0.25, 0.3) is 0 Å². The maximum Gasteiger partial charge on any atom is 0.260 e. The summed E-state index contributed by atoms with van der Waals surface area (Å²) in [4.78, 5) is 22.6. The van der Waals surface area contributed by atoms with Gasteiger partial charge in [0.1, 0.15) is 24.4 Å². The average Bonchev–Trinajstić information content (AvgIpc) is 2.41. The Morgan fingerprint density at radius 3 is 1.95 bits per heavy atom. The number of aliphatic hydroxyl groups excluding tert-OH is 5. The number of nitrogens with two attached hydrogens (primary N) is 1. The second-order valence-electron chi connectivity index (χ2n) is 4.08. The Kier molecular flexibility index (Phi) is 6.49. The zero-order chi connectivity index (χ0) is 15.4. The topological polar surface area (TPSA) is 182 Å². The molecule has 0 heterocycles. The molecule has 0 aromatic rings. The van der Waals surface area contributed by atoms with Gasteiger partial charge in [-0.15, -0.1) is 0 Å². The van der Waals surface area contributed by atoms with Crippen LogP contribution in [0.5, 0.6) is 0 Å². The van der Waals surface area contributed by atoms with Gasteiger partial charge in [-0.25, -0.2) is 0 Å².